The van der Waals surface area contributed by atoms with E-state index in [-0.39, 0.29) is 11.9 Å². The van der Waals surface area contributed by atoms with Crippen molar-refractivity contribution in [3.05, 3.63) is 58.6 Å². The molecule has 0 bridgehead atoms. The van der Waals surface area contributed by atoms with E-state index >= 15 is 0 Å². The molecule has 22 heavy (non-hydrogen) atoms. The van der Waals surface area contributed by atoms with Crippen molar-refractivity contribution in [2.75, 3.05) is 5.32 Å². The Labute approximate surface area is 137 Å². The molecule has 2 aromatic carbocycles. The van der Waals surface area contributed by atoms with Crippen molar-refractivity contribution in [3.8, 4) is 0 Å². The molecule has 0 radical (unpaired) electrons. The molecule has 7 N–H and O–H groups in total. The number of hydrogen-bond donors (Lipinski definition) is 4. The molecule has 0 fully saturated rings. The highest BCUT2D eigenvalue weighted by Crippen LogP contribution is 2.29. The van der Waals surface area contributed by atoms with Gasteiger partial charge in [-0.05, 0) is 23.8 Å². The first-order valence-electron chi connectivity index (χ1n) is 6.56. The minimum absolute atomic E-state index is 0.000797. The Balaban J connectivity index is 2.22. The minimum atomic E-state index is -0.130. The maximum Gasteiger partial charge on any atom is 0.223 e. The van der Waals surface area contributed by atoms with Crippen LogP contribution in [0.5, 0.6) is 0 Å². The van der Waals surface area contributed by atoms with E-state index in [0.29, 0.717) is 12.2 Å². The lowest BCUT2D eigenvalue weighted by atomic mass is 10.2. The Kier molecular flexibility index (Phi) is 5.37. The van der Waals surface area contributed by atoms with Gasteiger partial charge in [0, 0.05) is 11.0 Å². The van der Waals surface area contributed by atoms with Crippen LogP contribution in [0.15, 0.2) is 63.0 Å². The van der Waals surface area contributed by atoms with Crippen LogP contribution in [-0.2, 0) is 6.54 Å². The number of nitrogens with two attached hydrogens (primary N) is 3. The molecule has 0 amide bonds. The average Bonchev–Trinajstić information content (AvgIpc) is 2.46. The standard InChI is InChI=1S/C15H17BrN6/c16-11-6-7-12(20-9-10-4-2-1-3-5-10)13(8-11)21-15(19)22-14(17)18/h1-8,20H,9H2,(H6,17,18,19,21,22). The summed E-state index contributed by atoms with van der Waals surface area (Å²) < 4.78 is 0.883. The molecular weight excluding hydrogens is 344 g/mol. The number of aliphatic imine (C=N–C) groups is 2. The van der Waals surface area contributed by atoms with Gasteiger partial charge in [-0.3, -0.25) is 0 Å². The number of nitrogens with zero attached hydrogens (tertiary/aromatic N) is 2. The van der Waals surface area contributed by atoms with Gasteiger partial charge in [0.15, 0.2) is 5.96 Å². The third kappa shape index (κ3) is 4.78. The summed E-state index contributed by atoms with van der Waals surface area (Å²) in [5, 5.41) is 3.32. The molecule has 114 valence electrons. The lowest BCUT2D eigenvalue weighted by Gasteiger charge is -2.10. The minimum Gasteiger partial charge on any atom is -0.379 e. The summed E-state index contributed by atoms with van der Waals surface area (Å²) in [6, 6.07) is 15.7. The molecule has 0 aliphatic carbocycles. The van der Waals surface area contributed by atoms with Crippen molar-refractivity contribution in [1.29, 1.82) is 0 Å². The van der Waals surface area contributed by atoms with Crippen LogP contribution in [0.3, 0.4) is 0 Å². The van der Waals surface area contributed by atoms with Gasteiger partial charge in [0.25, 0.3) is 0 Å². The highest BCUT2D eigenvalue weighted by molar-refractivity contribution is 9.10. The van der Waals surface area contributed by atoms with Gasteiger partial charge in [-0.1, -0.05) is 46.3 Å². The lowest BCUT2D eigenvalue weighted by Crippen LogP contribution is -2.26. The van der Waals surface area contributed by atoms with Crippen LogP contribution in [-0.4, -0.2) is 11.9 Å². The normalized spacial score (nSPS) is 11.0. The van der Waals surface area contributed by atoms with Crippen LogP contribution in [0.4, 0.5) is 11.4 Å². The van der Waals surface area contributed by atoms with Crippen LogP contribution < -0.4 is 22.5 Å². The van der Waals surface area contributed by atoms with E-state index in [0.717, 1.165) is 15.7 Å². The molecule has 0 unspecified atom stereocenters. The van der Waals surface area contributed by atoms with E-state index in [1.165, 1.54) is 0 Å². The summed E-state index contributed by atoms with van der Waals surface area (Å²) in [4.78, 5) is 7.95. The lowest BCUT2D eigenvalue weighted by molar-refractivity contribution is 1.15. The summed E-state index contributed by atoms with van der Waals surface area (Å²) in [6.45, 7) is 0.674. The SMILES string of the molecule is NC(N)=NC(N)=Nc1cc(Br)ccc1NCc1ccccc1. The van der Waals surface area contributed by atoms with Crippen LogP contribution >= 0.6 is 15.9 Å². The fraction of sp³-hybridized carbons (Fsp3) is 0.0667. The smallest absolute Gasteiger partial charge is 0.223 e. The van der Waals surface area contributed by atoms with Gasteiger partial charge in [-0.15, -0.1) is 0 Å². The van der Waals surface area contributed by atoms with Gasteiger partial charge in [0.1, 0.15) is 0 Å². The van der Waals surface area contributed by atoms with Gasteiger partial charge in [-0.25, -0.2) is 4.99 Å². The molecule has 0 aromatic heterocycles. The number of nitrogens with one attached hydrogen (secondary N) is 1. The number of benzene rings is 2. The molecule has 0 spiro atoms. The van der Waals surface area contributed by atoms with Crippen molar-refractivity contribution in [2.24, 2.45) is 27.2 Å². The molecule has 2 aromatic rings. The zero-order valence-corrected chi connectivity index (χ0v) is 13.4. The summed E-state index contributed by atoms with van der Waals surface area (Å²) in [5.41, 5.74) is 18.9. The van der Waals surface area contributed by atoms with Crippen LogP contribution in [0.25, 0.3) is 0 Å². The largest absolute Gasteiger partial charge is 0.379 e. The maximum atomic E-state index is 5.69. The molecule has 7 heteroatoms. The Morgan fingerprint density at radius 1 is 1.05 bits per heavy atom. The predicted molar refractivity (Wildman–Crippen MR) is 95.0 cm³/mol. The number of hydrogen-bond acceptors (Lipinski definition) is 2. The molecule has 6 nitrogen and oxygen atoms in total. The van der Waals surface area contributed by atoms with E-state index in [9.17, 15) is 0 Å². The molecule has 0 aliphatic rings. The fourth-order valence-electron chi connectivity index (χ4n) is 1.82. The summed E-state index contributed by atoms with van der Waals surface area (Å²) in [5.74, 6) is -0.129. The van der Waals surface area contributed by atoms with E-state index in [1.54, 1.807) is 0 Å². The second kappa shape index (κ2) is 7.46. The molecular formula is C15H17BrN6. The Morgan fingerprint density at radius 3 is 2.45 bits per heavy atom. The number of anilines is 1. The van der Waals surface area contributed by atoms with Gasteiger partial charge < -0.3 is 22.5 Å². The van der Waals surface area contributed by atoms with Gasteiger partial charge in [0.2, 0.25) is 5.96 Å². The molecule has 0 aliphatic heterocycles. The van der Waals surface area contributed by atoms with Gasteiger partial charge >= 0.3 is 0 Å². The third-order valence-corrected chi connectivity index (χ3v) is 3.26. The Hall–Kier alpha value is -2.54. The van der Waals surface area contributed by atoms with Gasteiger partial charge in [-0.2, -0.15) is 4.99 Å². The quantitative estimate of drug-likeness (QED) is 0.494. The number of rotatable bonds is 4. The Morgan fingerprint density at radius 2 is 1.77 bits per heavy atom. The van der Waals surface area contributed by atoms with Crippen molar-refractivity contribution < 1.29 is 0 Å². The van der Waals surface area contributed by atoms with Crippen LogP contribution in [0, 0.1) is 0 Å². The second-order valence-electron chi connectivity index (χ2n) is 4.51. The third-order valence-electron chi connectivity index (χ3n) is 2.76. The summed E-state index contributed by atoms with van der Waals surface area (Å²) >= 11 is 3.41. The van der Waals surface area contributed by atoms with Crippen LogP contribution in [0.1, 0.15) is 5.56 Å². The van der Waals surface area contributed by atoms with Crippen molar-refractivity contribution in [1.82, 2.24) is 0 Å². The molecule has 0 heterocycles. The zero-order chi connectivity index (χ0) is 15.9. The first-order chi connectivity index (χ1) is 10.5. The number of guanidine groups is 2. The first kappa shape index (κ1) is 15.8. The predicted octanol–water partition coefficient (Wildman–Crippen LogP) is 2.28. The molecule has 0 saturated carbocycles. The second-order valence-corrected chi connectivity index (χ2v) is 5.42. The summed E-state index contributed by atoms with van der Waals surface area (Å²) in [7, 11) is 0. The van der Waals surface area contributed by atoms with Crippen molar-refractivity contribution in [2.45, 2.75) is 6.54 Å². The van der Waals surface area contributed by atoms with Gasteiger partial charge in [0.05, 0.1) is 11.4 Å². The zero-order valence-electron chi connectivity index (χ0n) is 11.8. The maximum absolute atomic E-state index is 5.69. The van der Waals surface area contributed by atoms with E-state index in [4.69, 9.17) is 17.2 Å². The first-order valence-corrected chi connectivity index (χ1v) is 7.35. The molecule has 2 rings (SSSR count). The monoisotopic (exact) mass is 360 g/mol. The van der Waals surface area contributed by atoms with Crippen molar-refractivity contribution >= 4 is 39.2 Å². The topological polar surface area (TPSA) is 115 Å². The Bertz CT molecular complexity index is 692. The van der Waals surface area contributed by atoms with Crippen molar-refractivity contribution in [3.63, 3.8) is 0 Å². The highest BCUT2D eigenvalue weighted by Gasteiger charge is 2.04. The molecule has 0 saturated heterocycles. The number of halogens is 1. The van der Waals surface area contributed by atoms with E-state index in [1.807, 2.05) is 48.5 Å². The highest BCUT2D eigenvalue weighted by atomic mass is 79.9. The fourth-order valence-corrected chi connectivity index (χ4v) is 2.17. The van der Waals surface area contributed by atoms with E-state index in [2.05, 4.69) is 31.2 Å². The summed E-state index contributed by atoms with van der Waals surface area (Å²) in [6.07, 6.45) is 0. The van der Waals surface area contributed by atoms with Crippen LogP contribution in [0.2, 0.25) is 0 Å². The van der Waals surface area contributed by atoms with E-state index < -0.39 is 0 Å². The molecule has 0 atom stereocenters. The average molecular weight is 361 g/mol.